The zero-order chi connectivity index (χ0) is 17.8. The van der Waals surface area contributed by atoms with E-state index in [0.717, 1.165) is 25.1 Å². The van der Waals surface area contributed by atoms with Gasteiger partial charge in [0.15, 0.2) is 0 Å². The number of nitrogens with one attached hydrogen (secondary N) is 1. The number of benzene rings is 1. The summed E-state index contributed by atoms with van der Waals surface area (Å²) in [7, 11) is 0. The summed E-state index contributed by atoms with van der Waals surface area (Å²) >= 11 is 0. The van der Waals surface area contributed by atoms with Crippen LogP contribution >= 0.6 is 0 Å². The SMILES string of the molecule is CC(=O)N1CCC[C@@H](c2ncc(C(=O)Nc3ccccc3)c(C)n2)C1. The number of hydrogen-bond acceptors (Lipinski definition) is 4. The van der Waals surface area contributed by atoms with Gasteiger partial charge in [0, 0.05) is 37.8 Å². The van der Waals surface area contributed by atoms with Gasteiger partial charge in [-0.2, -0.15) is 0 Å². The monoisotopic (exact) mass is 338 g/mol. The van der Waals surface area contributed by atoms with Gasteiger partial charge in [0.25, 0.3) is 5.91 Å². The van der Waals surface area contributed by atoms with Crippen molar-refractivity contribution < 1.29 is 9.59 Å². The number of piperidine rings is 1. The first kappa shape index (κ1) is 17.1. The van der Waals surface area contributed by atoms with Crippen LogP contribution in [0.25, 0.3) is 0 Å². The molecule has 1 atom stereocenters. The molecule has 1 aromatic heterocycles. The van der Waals surface area contributed by atoms with Crippen LogP contribution in [0.15, 0.2) is 36.5 Å². The van der Waals surface area contributed by atoms with Gasteiger partial charge in [0.2, 0.25) is 5.91 Å². The van der Waals surface area contributed by atoms with Crippen molar-refractivity contribution in [2.75, 3.05) is 18.4 Å². The number of aromatic nitrogens is 2. The maximum absolute atomic E-state index is 12.4. The molecule has 130 valence electrons. The normalized spacial score (nSPS) is 17.2. The molecule has 1 aromatic carbocycles. The lowest BCUT2D eigenvalue weighted by Crippen LogP contribution is -2.38. The van der Waals surface area contributed by atoms with Crippen molar-refractivity contribution >= 4 is 17.5 Å². The molecule has 2 amide bonds. The van der Waals surface area contributed by atoms with Crippen LogP contribution in [0.5, 0.6) is 0 Å². The molecule has 1 fully saturated rings. The quantitative estimate of drug-likeness (QED) is 0.934. The Morgan fingerprint density at radius 3 is 2.68 bits per heavy atom. The Morgan fingerprint density at radius 2 is 2.00 bits per heavy atom. The second kappa shape index (κ2) is 7.42. The Balaban J connectivity index is 1.74. The first-order valence-electron chi connectivity index (χ1n) is 8.50. The van der Waals surface area contributed by atoms with Crippen molar-refractivity contribution in [3.05, 3.63) is 53.6 Å². The van der Waals surface area contributed by atoms with Crippen LogP contribution in [-0.4, -0.2) is 39.8 Å². The summed E-state index contributed by atoms with van der Waals surface area (Å²) in [6.45, 7) is 4.84. The van der Waals surface area contributed by atoms with Crippen molar-refractivity contribution in [1.82, 2.24) is 14.9 Å². The van der Waals surface area contributed by atoms with Gasteiger partial charge >= 0.3 is 0 Å². The van der Waals surface area contributed by atoms with Crippen LogP contribution in [0.4, 0.5) is 5.69 Å². The number of para-hydroxylation sites is 1. The van der Waals surface area contributed by atoms with E-state index in [1.165, 1.54) is 0 Å². The number of hydrogen-bond donors (Lipinski definition) is 1. The lowest BCUT2D eigenvalue weighted by Gasteiger charge is -2.31. The van der Waals surface area contributed by atoms with E-state index < -0.39 is 0 Å². The molecule has 0 bridgehead atoms. The number of anilines is 1. The summed E-state index contributed by atoms with van der Waals surface area (Å²) in [5, 5.41) is 2.85. The van der Waals surface area contributed by atoms with Crippen molar-refractivity contribution in [3.8, 4) is 0 Å². The average Bonchev–Trinajstić information content (AvgIpc) is 2.62. The minimum Gasteiger partial charge on any atom is -0.342 e. The van der Waals surface area contributed by atoms with E-state index in [2.05, 4.69) is 15.3 Å². The summed E-state index contributed by atoms with van der Waals surface area (Å²) in [6, 6.07) is 9.30. The van der Waals surface area contributed by atoms with Crippen LogP contribution in [0.2, 0.25) is 0 Å². The maximum Gasteiger partial charge on any atom is 0.259 e. The lowest BCUT2D eigenvalue weighted by atomic mass is 9.97. The number of carbonyl (C=O) groups is 2. The topological polar surface area (TPSA) is 75.2 Å². The van der Waals surface area contributed by atoms with Gasteiger partial charge in [0.1, 0.15) is 5.82 Å². The smallest absolute Gasteiger partial charge is 0.259 e. The van der Waals surface area contributed by atoms with E-state index in [-0.39, 0.29) is 17.7 Å². The summed E-state index contributed by atoms with van der Waals surface area (Å²) in [4.78, 5) is 34.8. The molecule has 1 aliphatic rings. The van der Waals surface area contributed by atoms with E-state index in [1.54, 1.807) is 13.1 Å². The van der Waals surface area contributed by atoms with Crippen LogP contribution in [-0.2, 0) is 4.79 Å². The molecule has 3 rings (SSSR count). The first-order valence-corrected chi connectivity index (χ1v) is 8.50. The summed E-state index contributed by atoms with van der Waals surface area (Å²) in [6.07, 6.45) is 3.49. The average molecular weight is 338 g/mol. The third-order valence-corrected chi connectivity index (χ3v) is 4.51. The molecule has 0 unspecified atom stereocenters. The van der Waals surface area contributed by atoms with Crippen molar-refractivity contribution in [2.24, 2.45) is 0 Å². The third kappa shape index (κ3) is 4.02. The molecular weight excluding hydrogens is 316 g/mol. The fourth-order valence-corrected chi connectivity index (χ4v) is 3.10. The molecule has 1 saturated heterocycles. The fourth-order valence-electron chi connectivity index (χ4n) is 3.10. The predicted molar refractivity (Wildman–Crippen MR) is 95.4 cm³/mol. The Labute approximate surface area is 147 Å². The van der Waals surface area contributed by atoms with Crippen molar-refractivity contribution in [2.45, 2.75) is 32.6 Å². The minimum atomic E-state index is -0.218. The van der Waals surface area contributed by atoms with Gasteiger partial charge < -0.3 is 10.2 Å². The van der Waals surface area contributed by atoms with E-state index in [4.69, 9.17) is 0 Å². The molecule has 1 N–H and O–H groups in total. The zero-order valence-electron chi connectivity index (χ0n) is 14.5. The molecule has 2 heterocycles. The second-order valence-corrected chi connectivity index (χ2v) is 6.35. The van der Waals surface area contributed by atoms with Crippen LogP contribution in [0, 0.1) is 6.92 Å². The molecule has 6 nitrogen and oxygen atoms in total. The molecule has 0 aliphatic carbocycles. The second-order valence-electron chi connectivity index (χ2n) is 6.35. The number of amides is 2. The first-order chi connectivity index (χ1) is 12.0. The Morgan fingerprint density at radius 1 is 1.24 bits per heavy atom. The van der Waals surface area contributed by atoms with Crippen molar-refractivity contribution in [3.63, 3.8) is 0 Å². The van der Waals surface area contributed by atoms with E-state index >= 15 is 0 Å². The van der Waals surface area contributed by atoms with Crippen LogP contribution in [0.1, 0.15) is 47.6 Å². The molecule has 1 aliphatic heterocycles. The number of nitrogens with zero attached hydrogens (tertiary/aromatic N) is 3. The predicted octanol–water partition coefficient (Wildman–Crippen LogP) is 2.76. The van der Waals surface area contributed by atoms with Gasteiger partial charge in [-0.3, -0.25) is 9.59 Å². The highest BCUT2D eigenvalue weighted by Crippen LogP contribution is 2.25. The number of rotatable bonds is 3. The highest BCUT2D eigenvalue weighted by Gasteiger charge is 2.25. The maximum atomic E-state index is 12.4. The molecule has 0 radical (unpaired) electrons. The fraction of sp³-hybridized carbons (Fsp3) is 0.368. The molecule has 0 spiro atoms. The molecule has 6 heteroatoms. The van der Waals surface area contributed by atoms with E-state index in [9.17, 15) is 9.59 Å². The Bertz CT molecular complexity index is 776. The Kier molecular flexibility index (Phi) is 5.07. The Hall–Kier alpha value is -2.76. The van der Waals surface area contributed by atoms with Crippen LogP contribution in [0.3, 0.4) is 0 Å². The minimum absolute atomic E-state index is 0.0836. The largest absolute Gasteiger partial charge is 0.342 e. The highest BCUT2D eigenvalue weighted by molar-refractivity contribution is 6.04. The summed E-state index contributed by atoms with van der Waals surface area (Å²) in [5.41, 5.74) is 1.85. The number of carbonyl (C=O) groups excluding carboxylic acids is 2. The van der Waals surface area contributed by atoms with Gasteiger partial charge in [-0.25, -0.2) is 9.97 Å². The van der Waals surface area contributed by atoms with Gasteiger partial charge in [-0.15, -0.1) is 0 Å². The third-order valence-electron chi connectivity index (χ3n) is 4.51. The zero-order valence-corrected chi connectivity index (χ0v) is 14.5. The number of aryl methyl sites for hydroxylation is 1. The van der Waals surface area contributed by atoms with E-state index in [0.29, 0.717) is 23.6 Å². The summed E-state index contributed by atoms with van der Waals surface area (Å²) in [5.74, 6) is 0.701. The van der Waals surface area contributed by atoms with Crippen molar-refractivity contribution in [1.29, 1.82) is 0 Å². The standard InChI is InChI=1S/C19H22N4O2/c1-13-17(19(25)22-16-8-4-3-5-9-16)11-20-18(21-13)15-7-6-10-23(12-15)14(2)24/h3-5,8-9,11,15H,6-7,10,12H2,1-2H3,(H,22,25)/t15-/m1/s1. The van der Waals surface area contributed by atoms with Gasteiger partial charge in [-0.05, 0) is 31.9 Å². The number of likely N-dealkylation sites (tertiary alicyclic amines) is 1. The molecule has 0 saturated carbocycles. The summed E-state index contributed by atoms with van der Waals surface area (Å²) < 4.78 is 0. The lowest BCUT2D eigenvalue weighted by molar-refractivity contribution is -0.130. The highest BCUT2D eigenvalue weighted by atomic mass is 16.2. The van der Waals surface area contributed by atoms with Gasteiger partial charge in [-0.1, -0.05) is 18.2 Å². The molecular formula is C19H22N4O2. The van der Waals surface area contributed by atoms with Gasteiger partial charge in [0.05, 0.1) is 11.3 Å². The van der Waals surface area contributed by atoms with Crippen LogP contribution < -0.4 is 5.32 Å². The van der Waals surface area contributed by atoms with E-state index in [1.807, 2.05) is 42.2 Å². The molecule has 25 heavy (non-hydrogen) atoms. The molecule has 2 aromatic rings.